The molecule has 0 saturated heterocycles. The summed E-state index contributed by atoms with van der Waals surface area (Å²) >= 11 is -2.27. The fourth-order valence-corrected chi connectivity index (χ4v) is 14.0. The average molecular weight is 341 g/mol. The molecule has 0 heterocycles. The van der Waals surface area contributed by atoms with Crippen molar-refractivity contribution in [2.75, 3.05) is 0 Å². The molecule has 0 N–H and O–H groups in total. The molecule has 4 heteroatoms. The molecule has 1 saturated carbocycles. The van der Waals surface area contributed by atoms with Crippen LogP contribution in [0.4, 0.5) is 0 Å². The summed E-state index contributed by atoms with van der Waals surface area (Å²) in [4.78, 5) is 0.514. The molecule has 1 aliphatic carbocycles. The third-order valence-electron chi connectivity index (χ3n) is 4.18. The quantitative estimate of drug-likeness (QED) is 0.762. The second-order valence-corrected chi connectivity index (χ2v) is 21.1. The minimum atomic E-state index is -3.15. The summed E-state index contributed by atoms with van der Waals surface area (Å²) in [6.07, 6.45) is 4.61. The molecule has 1 aromatic rings. The number of sulfone groups is 1. The molecule has 2 rings (SSSR count). The summed E-state index contributed by atoms with van der Waals surface area (Å²) in [5.74, 6) is 7.32. The molecule has 1 unspecified atom stereocenters. The second kappa shape index (κ2) is 5.60. The zero-order valence-electron chi connectivity index (χ0n) is 12.1. The van der Waals surface area contributed by atoms with Gasteiger partial charge < -0.3 is 0 Å². The molecule has 0 spiro atoms. The standard InChI is InChI=1S/C15H24GeO2S/c1-16(2,3)15(12-13-8-7-9-13)19(17,18)14-10-5-4-6-11-14/h4-6,10-11,13,15H,7-9,12H2,1-3H3. The van der Waals surface area contributed by atoms with Crippen molar-refractivity contribution >= 4 is 23.1 Å². The zero-order chi connectivity index (χ0) is 14.1. The average Bonchev–Trinajstić information content (AvgIpc) is 2.26. The van der Waals surface area contributed by atoms with Gasteiger partial charge in [-0.2, -0.15) is 0 Å². The predicted octanol–water partition coefficient (Wildman–Crippen LogP) is 3.90. The molecule has 1 atom stereocenters. The predicted molar refractivity (Wildman–Crippen MR) is 82.7 cm³/mol. The van der Waals surface area contributed by atoms with E-state index >= 15 is 0 Å². The van der Waals surface area contributed by atoms with Gasteiger partial charge in [-0.3, -0.25) is 0 Å². The van der Waals surface area contributed by atoms with Gasteiger partial charge in [-0.1, -0.05) is 0 Å². The third-order valence-corrected chi connectivity index (χ3v) is 16.2. The third kappa shape index (κ3) is 3.43. The van der Waals surface area contributed by atoms with Crippen LogP contribution in [0.5, 0.6) is 0 Å². The van der Waals surface area contributed by atoms with Crippen molar-refractivity contribution in [2.45, 2.75) is 51.9 Å². The van der Waals surface area contributed by atoms with Gasteiger partial charge in [0.1, 0.15) is 0 Å². The van der Waals surface area contributed by atoms with Crippen LogP contribution in [-0.2, 0) is 9.84 Å². The van der Waals surface area contributed by atoms with Crippen molar-refractivity contribution in [1.29, 1.82) is 0 Å². The van der Waals surface area contributed by atoms with Crippen LogP contribution in [-0.4, -0.2) is 25.8 Å². The fourth-order valence-electron chi connectivity index (χ4n) is 2.75. The Morgan fingerprint density at radius 1 is 1.16 bits per heavy atom. The normalized spacial score (nSPS) is 18.9. The van der Waals surface area contributed by atoms with Crippen LogP contribution in [0.3, 0.4) is 0 Å². The summed E-state index contributed by atoms with van der Waals surface area (Å²) in [6, 6.07) is 9.01. The molecule has 1 fully saturated rings. The van der Waals surface area contributed by atoms with E-state index in [1.807, 2.05) is 18.2 Å². The molecular formula is C15H24GeO2S. The Bertz CT molecular complexity index is 513. The molecule has 0 amide bonds. The van der Waals surface area contributed by atoms with Gasteiger partial charge in [0, 0.05) is 0 Å². The van der Waals surface area contributed by atoms with Gasteiger partial charge in [0.25, 0.3) is 0 Å². The maximum atomic E-state index is 12.9. The topological polar surface area (TPSA) is 34.1 Å². The van der Waals surface area contributed by atoms with E-state index in [4.69, 9.17) is 0 Å². The van der Waals surface area contributed by atoms with Gasteiger partial charge in [-0.15, -0.1) is 0 Å². The Kier molecular flexibility index (Phi) is 4.46. The van der Waals surface area contributed by atoms with E-state index in [-0.39, 0.29) is 4.08 Å². The fraction of sp³-hybridized carbons (Fsp3) is 0.600. The van der Waals surface area contributed by atoms with Crippen molar-refractivity contribution in [1.82, 2.24) is 0 Å². The molecule has 0 aliphatic heterocycles. The number of benzene rings is 1. The van der Waals surface area contributed by atoms with Gasteiger partial charge in [0.15, 0.2) is 0 Å². The molecule has 1 aromatic carbocycles. The molecule has 1 aliphatic rings. The first kappa shape index (κ1) is 15.1. The molecule has 2 nitrogen and oxygen atoms in total. The minimum absolute atomic E-state index is 0.0970. The molecule has 106 valence electrons. The SMILES string of the molecule is [CH3][Ge]([CH3])([CH3])[CH](CC1CCC1)S(=O)(=O)c1ccccc1. The summed E-state index contributed by atoms with van der Waals surface area (Å²) < 4.78 is 25.7. The Morgan fingerprint density at radius 3 is 2.16 bits per heavy atom. The second-order valence-electron chi connectivity index (χ2n) is 6.75. The molecule has 19 heavy (non-hydrogen) atoms. The van der Waals surface area contributed by atoms with Gasteiger partial charge in [-0.05, 0) is 0 Å². The van der Waals surface area contributed by atoms with Crippen molar-refractivity contribution in [3.63, 3.8) is 0 Å². The van der Waals surface area contributed by atoms with Crippen LogP contribution < -0.4 is 0 Å². The Hall–Kier alpha value is -0.287. The first-order valence-corrected chi connectivity index (χ1v) is 16.2. The monoisotopic (exact) mass is 342 g/mol. The van der Waals surface area contributed by atoms with Crippen LogP contribution in [0, 0.1) is 5.92 Å². The van der Waals surface area contributed by atoms with Crippen LogP contribution in [0.1, 0.15) is 25.7 Å². The van der Waals surface area contributed by atoms with E-state index in [1.54, 1.807) is 12.1 Å². The Balaban J connectivity index is 2.31. The van der Waals surface area contributed by atoms with Crippen molar-refractivity contribution < 1.29 is 8.42 Å². The molecule has 0 bridgehead atoms. The first-order chi connectivity index (χ1) is 8.82. The molecular weight excluding hydrogens is 317 g/mol. The van der Waals surface area contributed by atoms with E-state index in [2.05, 4.69) is 17.3 Å². The molecule has 0 aromatic heterocycles. The van der Waals surface area contributed by atoms with Crippen molar-refractivity contribution in [3.8, 4) is 0 Å². The van der Waals surface area contributed by atoms with E-state index < -0.39 is 23.1 Å². The van der Waals surface area contributed by atoms with E-state index in [9.17, 15) is 8.42 Å². The summed E-state index contributed by atoms with van der Waals surface area (Å²) in [7, 11) is -3.15. The van der Waals surface area contributed by atoms with E-state index in [1.165, 1.54) is 19.3 Å². The van der Waals surface area contributed by atoms with Crippen LogP contribution in [0.2, 0.25) is 17.3 Å². The number of rotatable bonds is 5. The Morgan fingerprint density at radius 2 is 1.74 bits per heavy atom. The summed E-state index contributed by atoms with van der Waals surface area (Å²) in [5, 5.41) is 0. The Labute approximate surface area is 119 Å². The first-order valence-electron chi connectivity index (χ1n) is 7.11. The summed E-state index contributed by atoms with van der Waals surface area (Å²) in [5.41, 5.74) is 0. The van der Waals surface area contributed by atoms with Gasteiger partial charge in [-0.25, -0.2) is 0 Å². The van der Waals surface area contributed by atoms with Gasteiger partial charge in [0.05, 0.1) is 0 Å². The van der Waals surface area contributed by atoms with Gasteiger partial charge >= 0.3 is 120 Å². The zero-order valence-corrected chi connectivity index (χ0v) is 15.0. The van der Waals surface area contributed by atoms with E-state index in [0.29, 0.717) is 10.8 Å². The van der Waals surface area contributed by atoms with E-state index in [0.717, 1.165) is 6.42 Å². The van der Waals surface area contributed by atoms with Crippen LogP contribution in [0.15, 0.2) is 35.2 Å². The maximum absolute atomic E-state index is 12.9. The number of hydrogen-bond donors (Lipinski definition) is 0. The van der Waals surface area contributed by atoms with Crippen molar-refractivity contribution in [3.05, 3.63) is 30.3 Å². The van der Waals surface area contributed by atoms with Gasteiger partial charge in [0.2, 0.25) is 0 Å². The van der Waals surface area contributed by atoms with Crippen LogP contribution >= 0.6 is 0 Å². The summed E-state index contributed by atoms with van der Waals surface area (Å²) in [6.45, 7) is 0. The number of hydrogen-bond acceptors (Lipinski definition) is 2. The van der Waals surface area contributed by atoms with Crippen LogP contribution in [0.25, 0.3) is 0 Å². The molecule has 0 radical (unpaired) electrons. The van der Waals surface area contributed by atoms with Crippen molar-refractivity contribution in [2.24, 2.45) is 5.92 Å².